The van der Waals surface area contributed by atoms with Crippen LogP contribution >= 0.6 is 0 Å². The fourth-order valence-corrected chi connectivity index (χ4v) is 2.65. The van der Waals surface area contributed by atoms with Gasteiger partial charge in [-0.1, -0.05) is 12.1 Å². The summed E-state index contributed by atoms with van der Waals surface area (Å²) >= 11 is 0. The summed E-state index contributed by atoms with van der Waals surface area (Å²) in [6.45, 7) is 1.93. The Morgan fingerprint density at radius 1 is 1.44 bits per heavy atom. The molecule has 94 valence electrons. The number of aliphatic carboxylic acids is 1. The van der Waals surface area contributed by atoms with E-state index in [1.165, 1.54) is 0 Å². The molecule has 1 aliphatic rings. The number of benzene rings is 1. The average Bonchev–Trinajstić information content (AvgIpc) is 3.06. The molecule has 0 radical (unpaired) electrons. The summed E-state index contributed by atoms with van der Waals surface area (Å²) in [6.07, 6.45) is 2.51. The number of carbonyl (C=O) groups is 1. The van der Waals surface area contributed by atoms with Crippen molar-refractivity contribution >= 4 is 16.9 Å². The van der Waals surface area contributed by atoms with Crippen molar-refractivity contribution in [3.8, 4) is 0 Å². The van der Waals surface area contributed by atoms with E-state index in [4.69, 9.17) is 9.52 Å². The molecule has 1 aliphatic carbocycles. The summed E-state index contributed by atoms with van der Waals surface area (Å²) in [6, 6.07) is 8.08. The van der Waals surface area contributed by atoms with Crippen LogP contribution in [0.3, 0.4) is 0 Å². The van der Waals surface area contributed by atoms with E-state index in [2.05, 4.69) is 0 Å². The van der Waals surface area contributed by atoms with E-state index in [1.807, 2.05) is 31.2 Å². The SMILES string of the molecule is Cc1cc2ccc(C(CC(=O)O)C3CC3)cc2o1. The van der Waals surface area contributed by atoms with Crippen LogP contribution in [0, 0.1) is 12.8 Å². The van der Waals surface area contributed by atoms with Crippen molar-refractivity contribution in [1.82, 2.24) is 0 Å². The van der Waals surface area contributed by atoms with E-state index in [0.29, 0.717) is 5.92 Å². The Bertz CT molecular complexity index is 593. The molecule has 18 heavy (non-hydrogen) atoms. The number of hydrogen-bond acceptors (Lipinski definition) is 2. The van der Waals surface area contributed by atoms with Crippen molar-refractivity contribution in [3.63, 3.8) is 0 Å². The van der Waals surface area contributed by atoms with Gasteiger partial charge < -0.3 is 9.52 Å². The van der Waals surface area contributed by atoms with Crippen LogP contribution in [0.15, 0.2) is 28.7 Å². The molecule has 0 amide bonds. The molecule has 0 saturated heterocycles. The fraction of sp³-hybridized carbons (Fsp3) is 0.400. The lowest BCUT2D eigenvalue weighted by molar-refractivity contribution is -0.137. The van der Waals surface area contributed by atoms with Gasteiger partial charge in [0, 0.05) is 5.39 Å². The molecule has 0 bridgehead atoms. The number of carboxylic acid groups (broad SMARTS) is 1. The molecule has 0 spiro atoms. The molecule has 1 aromatic carbocycles. The second-order valence-electron chi connectivity index (χ2n) is 5.20. The Hall–Kier alpha value is -1.77. The fourth-order valence-electron chi connectivity index (χ4n) is 2.65. The molecular formula is C15H16O3. The van der Waals surface area contributed by atoms with Crippen molar-refractivity contribution in [2.24, 2.45) is 5.92 Å². The zero-order chi connectivity index (χ0) is 12.7. The van der Waals surface area contributed by atoms with Crippen molar-refractivity contribution in [1.29, 1.82) is 0 Å². The lowest BCUT2D eigenvalue weighted by atomic mass is 9.90. The van der Waals surface area contributed by atoms with Crippen LogP contribution < -0.4 is 0 Å². The van der Waals surface area contributed by atoms with E-state index in [9.17, 15) is 4.79 Å². The van der Waals surface area contributed by atoms with Gasteiger partial charge in [-0.05, 0) is 49.3 Å². The molecule has 1 N–H and O–H groups in total. The summed E-state index contributed by atoms with van der Waals surface area (Å²) in [5.74, 6) is 0.845. The maximum atomic E-state index is 11.0. The second kappa shape index (κ2) is 4.16. The number of carboxylic acids is 1. The highest BCUT2D eigenvalue weighted by Gasteiger charge is 2.33. The van der Waals surface area contributed by atoms with Crippen LogP contribution in [0.2, 0.25) is 0 Å². The summed E-state index contributed by atoms with van der Waals surface area (Å²) in [7, 11) is 0. The van der Waals surface area contributed by atoms with Crippen LogP contribution in [0.25, 0.3) is 11.0 Å². The predicted octanol–water partition coefficient (Wildman–Crippen LogP) is 3.71. The molecule has 1 atom stereocenters. The van der Waals surface area contributed by atoms with Crippen LogP contribution in [-0.2, 0) is 4.79 Å². The molecule has 3 heteroatoms. The standard InChI is InChI=1S/C15H16O3/c1-9-6-12-5-4-11(7-14(12)18-9)13(8-15(16)17)10-2-3-10/h4-7,10,13H,2-3,8H2,1H3,(H,16,17). The van der Waals surface area contributed by atoms with Gasteiger partial charge >= 0.3 is 5.97 Å². The molecule has 3 rings (SSSR count). The minimum Gasteiger partial charge on any atom is -0.481 e. The molecule has 3 nitrogen and oxygen atoms in total. The predicted molar refractivity (Wildman–Crippen MR) is 68.7 cm³/mol. The Labute approximate surface area is 105 Å². The molecule has 1 aromatic heterocycles. The van der Waals surface area contributed by atoms with Gasteiger partial charge in [-0.2, -0.15) is 0 Å². The van der Waals surface area contributed by atoms with Gasteiger partial charge in [0.2, 0.25) is 0 Å². The maximum Gasteiger partial charge on any atom is 0.303 e. The lowest BCUT2D eigenvalue weighted by Crippen LogP contribution is -2.08. The number of fused-ring (bicyclic) bond motifs is 1. The van der Waals surface area contributed by atoms with Crippen LogP contribution in [0.1, 0.15) is 36.5 Å². The van der Waals surface area contributed by atoms with Crippen molar-refractivity contribution in [3.05, 3.63) is 35.6 Å². The summed E-state index contributed by atoms with van der Waals surface area (Å²) in [4.78, 5) is 11.0. The molecule has 1 fully saturated rings. The number of hydrogen-bond donors (Lipinski definition) is 1. The van der Waals surface area contributed by atoms with Crippen molar-refractivity contribution in [2.75, 3.05) is 0 Å². The quantitative estimate of drug-likeness (QED) is 0.891. The number of furan rings is 1. The third-order valence-electron chi connectivity index (χ3n) is 3.68. The van der Waals surface area contributed by atoms with Crippen LogP contribution in [-0.4, -0.2) is 11.1 Å². The third-order valence-corrected chi connectivity index (χ3v) is 3.68. The largest absolute Gasteiger partial charge is 0.481 e. The first-order chi connectivity index (χ1) is 8.63. The van der Waals surface area contributed by atoms with Crippen molar-refractivity contribution < 1.29 is 14.3 Å². The molecule has 0 aliphatic heterocycles. The topological polar surface area (TPSA) is 50.4 Å². The normalized spacial score (nSPS) is 16.9. The maximum absolute atomic E-state index is 11.0. The van der Waals surface area contributed by atoms with E-state index in [1.54, 1.807) is 0 Å². The summed E-state index contributed by atoms with van der Waals surface area (Å²) in [5.41, 5.74) is 1.96. The van der Waals surface area contributed by atoms with E-state index in [-0.39, 0.29) is 12.3 Å². The molecule has 1 unspecified atom stereocenters. The highest BCUT2D eigenvalue weighted by molar-refractivity contribution is 5.79. The Morgan fingerprint density at radius 2 is 2.22 bits per heavy atom. The zero-order valence-corrected chi connectivity index (χ0v) is 10.3. The summed E-state index contributed by atoms with van der Waals surface area (Å²) < 4.78 is 5.62. The van der Waals surface area contributed by atoms with Gasteiger partial charge in [-0.25, -0.2) is 0 Å². The molecule has 1 heterocycles. The Kier molecular flexibility index (Phi) is 2.62. The first-order valence-electron chi connectivity index (χ1n) is 6.35. The number of aryl methyl sites for hydroxylation is 1. The highest BCUT2D eigenvalue weighted by atomic mass is 16.4. The van der Waals surface area contributed by atoms with Gasteiger partial charge in [0.15, 0.2) is 0 Å². The molecule has 1 saturated carbocycles. The van der Waals surface area contributed by atoms with Gasteiger partial charge in [-0.15, -0.1) is 0 Å². The van der Waals surface area contributed by atoms with Gasteiger partial charge in [-0.3, -0.25) is 4.79 Å². The first kappa shape index (κ1) is 11.3. The number of rotatable bonds is 4. The second-order valence-corrected chi connectivity index (χ2v) is 5.20. The Balaban J connectivity index is 1.97. The zero-order valence-electron chi connectivity index (χ0n) is 10.3. The molecular weight excluding hydrogens is 228 g/mol. The van der Waals surface area contributed by atoms with Crippen LogP contribution in [0.4, 0.5) is 0 Å². The van der Waals surface area contributed by atoms with E-state index in [0.717, 1.165) is 35.1 Å². The monoisotopic (exact) mass is 244 g/mol. The van der Waals surface area contributed by atoms with Crippen molar-refractivity contribution in [2.45, 2.75) is 32.1 Å². The smallest absolute Gasteiger partial charge is 0.303 e. The van der Waals surface area contributed by atoms with Gasteiger partial charge in [0.1, 0.15) is 11.3 Å². The van der Waals surface area contributed by atoms with E-state index >= 15 is 0 Å². The van der Waals surface area contributed by atoms with E-state index < -0.39 is 5.97 Å². The minimum atomic E-state index is -0.720. The summed E-state index contributed by atoms with van der Waals surface area (Å²) in [5, 5.41) is 10.1. The van der Waals surface area contributed by atoms with Crippen LogP contribution in [0.5, 0.6) is 0 Å². The van der Waals surface area contributed by atoms with Gasteiger partial charge in [0.25, 0.3) is 0 Å². The lowest BCUT2D eigenvalue weighted by Gasteiger charge is -2.14. The molecule has 2 aromatic rings. The minimum absolute atomic E-state index is 0.136. The average molecular weight is 244 g/mol. The highest BCUT2D eigenvalue weighted by Crippen LogP contribution is 2.45. The van der Waals surface area contributed by atoms with Gasteiger partial charge in [0.05, 0.1) is 6.42 Å². The first-order valence-corrected chi connectivity index (χ1v) is 6.35. The third kappa shape index (κ3) is 2.13. The Morgan fingerprint density at radius 3 is 2.89 bits per heavy atom.